The fourth-order valence-corrected chi connectivity index (χ4v) is 4.66. The molecule has 0 amide bonds. The van der Waals surface area contributed by atoms with Gasteiger partial charge in [-0.1, -0.05) is 293 Å². The number of allylic oxidation sites excluding steroid dienone is 13. The summed E-state index contributed by atoms with van der Waals surface area (Å²) in [6.45, 7) is 26.2. The maximum atomic E-state index is 3.69. The highest BCUT2D eigenvalue weighted by atomic mass is 13.9. The Morgan fingerprint density at radius 2 is 0.614 bits per heavy atom. The first-order valence-corrected chi connectivity index (χ1v) is 22.0. The van der Waals surface area contributed by atoms with Crippen LogP contribution >= 0.6 is 0 Å². The quantitative estimate of drug-likeness (QED) is 0.125. The standard InChI is InChI=1S/2C10H12.2C8H18.3C5H6.C4H8.2CH4/c2*1-3-9-5-7-10(4-2)8-6-9;2*1-3-5-7-8-6-4-2;3*1-2-4-5-3-1;1-3-4-2;;/h2*3,5-8H,1,4H2,2H3;2*3-8H2,1-2H3;3*1-4H,5H2;3H,1,4H2,2H3;2*1H4. The molecule has 0 aliphatic heterocycles. The summed E-state index contributed by atoms with van der Waals surface area (Å²) >= 11 is 0. The second-order valence-corrected chi connectivity index (χ2v) is 13.4. The molecule has 0 unspecified atom stereocenters. The van der Waals surface area contributed by atoms with Gasteiger partial charge in [0.25, 0.3) is 0 Å². The molecule has 2 aromatic carbocycles. The van der Waals surface area contributed by atoms with Crippen molar-refractivity contribution in [3.8, 4) is 0 Å². The zero-order valence-corrected chi connectivity index (χ0v) is 37.1. The smallest absolute Gasteiger partial charge is 0.0163 e. The summed E-state index contributed by atoms with van der Waals surface area (Å²) in [7, 11) is 0. The van der Waals surface area contributed by atoms with Crippen LogP contribution in [0.4, 0.5) is 0 Å². The lowest BCUT2D eigenvalue weighted by atomic mass is 10.1. The van der Waals surface area contributed by atoms with Crippen molar-refractivity contribution >= 4 is 12.2 Å². The van der Waals surface area contributed by atoms with Crippen LogP contribution in [0.3, 0.4) is 0 Å². The molecule has 0 radical (unpaired) electrons. The van der Waals surface area contributed by atoms with E-state index < -0.39 is 0 Å². The lowest BCUT2D eigenvalue weighted by Crippen LogP contribution is -1.78. The Kier molecular flexibility index (Phi) is 61.7. The van der Waals surface area contributed by atoms with Gasteiger partial charge in [0.15, 0.2) is 0 Å². The zero-order valence-electron chi connectivity index (χ0n) is 37.1. The van der Waals surface area contributed by atoms with Crippen molar-refractivity contribution in [2.24, 2.45) is 0 Å². The van der Waals surface area contributed by atoms with Crippen molar-refractivity contribution in [3.63, 3.8) is 0 Å². The van der Waals surface area contributed by atoms with E-state index in [0.29, 0.717) is 0 Å². The molecule has 0 spiro atoms. The molecule has 0 aromatic heterocycles. The van der Waals surface area contributed by atoms with E-state index >= 15 is 0 Å². The molecule has 322 valence electrons. The minimum absolute atomic E-state index is 0. The highest BCUT2D eigenvalue weighted by Crippen LogP contribution is 2.07. The lowest BCUT2D eigenvalue weighted by molar-refractivity contribution is 0.624. The maximum absolute atomic E-state index is 3.69. The van der Waals surface area contributed by atoms with Crippen molar-refractivity contribution in [3.05, 3.63) is 170 Å². The summed E-state index contributed by atoms with van der Waals surface area (Å²) in [4.78, 5) is 0. The highest BCUT2D eigenvalue weighted by molar-refractivity contribution is 5.47. The molecule has 5 rings (SSSR count). The van der Waals surface area contributed by atoms with E-state index in [0.717, 1.165) is 38.5 Å². The minimum atomic E-state index is 0. The first-order valence-electron chi connectivity index (χ1n) is 22.0. The largest absolute Gasteiger partial charge is 0.103 e. The van der Waals surface area contributed by atoms with E-state index in [4.69, 9.17) is 0 Å². The summed E-state index contributed by atoms with van der Waals surface area (Å²) in [5.74, 6) is 0. The second-order valence-electron chi connectivity index (χ2n) is 13.4. The van der Waals surface area contributed by atoms with Crippen molar-refractivity contribution in [1.82, 2.24) is 0 Å². The number of aryl methyl sites for hydroxylation is 2. The van der Waals surface area contributed by atoms with Gasteiger partial charge in [0, 0.05) is 0 Å². The van der Waals surface area contributed by atoms with Gasteiger partial charge in [0.05, 0.1) is 0 Å². The Labute approximate surface area is 359 Å². The molecule has 0 atom stereocenters. The van der Waals surface area contributed by atoms with Crippen LogP contribution in [0.25, 0.3) is 12.2 Å². The minimum Gasteiger partial charge on any atom is -0.103 e. The van der Waals surface area contributed by atoms with Gasteiger partial charge in [-0.15, -0.1) is 6.58 Å². The topological polar surface area (TPSA) is 0 Å². The molecule has 2 aromatic rings. The van der Waals surface area contributed by atoms with Gasteiger partial charge in [0.2, 0.25) is 0 Å². The number of hydrogen-bond donors (Lipinski definition) is 0. The third-order valence-corrected chi connectivity index (χ3v) is 8.42. The number of benzene rings is 2. The highest BCUT2D eigenvalue weighted by Gasteiger charge is 1.88. The van der Waals surface area contributed by atoms with Gasteiger partial charge in [-0.2, -0.15) is 0 Å². The Hall–Kier alpha value is -3.90. The molecule has 0 heteroatoms. The number of unbranched alkanes of at least 4 members (excludes halogenated alkanes) is 10. The number of rotatable bonds is 15. The van der Waals surface area contributed by atoms with Gasteiger partial charge in [-0.05, 0) is 60.8 Å². The predicted molar refractivity (Wildman–Crippen MR) is 273 cm³/mol. The van der Waals surface area contributed by atoms with E-state index in [9.17, 15) is 0 Å². The van der Waals surface area contributed by atoms with Crippen LogP contribution in [-0.2, 0) is 12.8 Å². The summed E-state index contributed by atoms with van der Waals surface area (Å²) in [6, 6.07) is 16.9. The SMILES string of the molecule is C.C.C1=CCC=C1.C1=CCC=C1.C1=CCC=C1.C=CCC.C=Cc1ccc(CC)cc1.C=Cc1ccc(CC)cc1.CCCCCCCC.CCCCCCCC. The molecular formula is C57H94. The van der Waals surface area contributed by atoms with Gasteiger partial charge in [-0.3, -0.25) is 0 Å². The number of hydrogen-bond acceptors (Lipinski definition) is 0. The molecule has 0 saturated heterocycles. The van der Waals surface area contributed by atoms with E-state index in [-0.39, 0.29) is 14.9 Å². The second kappa shape index (κ2) is 56.4. The van der Waals surface area contributed by atoms with Gasteiger partial charge in [-0.25, -0.2) is 0 Å². The van der Waals surface area contributed by atoms with Crippen LogP contribution in [-0.4, -0.2) is 0 Å². The average molecular weight is 779 g/mol. The summed E-state index contributed by atoms with van der Waals surface area (Å²) < 4.78 is 0. The molecule has 0 fully saturated rings. The average Bonchev–Trinajstić information content (AvgIpc) is 4.11. The molecule has 57 heavy (non-hydrogen) atoms. The normalized spacial score (nSPS) is 11.1. The van der Waals surface area contributed by atoms with Crippen molar-refractivity contribution in [2.45, 2.75) is 179 Å². The van der Waals surface area contributed by atoms with Crippen LogP contribution < -0.4 is 0 Å². The summed E-state index contributed by atoms with van der Waals surface area (Å²) in [5, 5.41) is 0. The van der Waals surface area contributed by atoms with E-state index in [1.807, 2.05) is 18.2 Å². The maximum Gasteiger partial charge on any atom is -0.0163 e. The van der Waals surface area contributed by atoms with Crippen LogP contribution in [0.5, 0.6) is 0 Å². The fraction of sp³-hybridized carbons (Fsp3) is 0.474. The fourth-order valence-electron chi connectivity index (χ4n) is 4.66. The Morgan fingerprint density at radius 3 is 0.737 bits per heavy atom. The molecule has 0 N–H and O–H groups in total. The monoisotopic (exact) mass is 779 g/mol. The Morgan fingerprint density at radius 1 is 0.386 bits per heavy atom. The third kappa shape index (κ3) is 52.1. The summed E-state index contributed by atoms with van der Waals surface area (Å²) in [5.41, 5.74) is 5.14. The van der Waals surface area contributed by atoms with Crippen molar-refractivity contribution in [1.29, 1.82) is 0 Å². The van der Waals surface area contributed by atoms with Gasteiger partial charge >= 0.3 is 0 Å². The van der Waals surface area contributed by atoms with Crippen LogP contribution in [0, 0.1) is 0 Å². The van der Waals surface area contributed by atoms with Gasteiger partial charge < -0.3 is 0 Å². The molecule has 0 heterocycles. The van der Waals surface area contributed by atoms with Crippen LogP contribution in [0.15, 0.2) is 147 Å². The van der Waals surface area contributed by atoms with Crippen molar-refractivity contribution in [2.75, 3.05) is 0 Å². The third-order valence-electron chi connectivity index (χ3n) is 8.42. The molecule has 3 aliphatic rings. The Bertz CT molecular complexity index is 1080. The predicted octanol–water partition coefficient (Wildman–Crippen LogP) is 19.9. The lowest BCUT2D eigenvalue weighted by Gasteiger charge is -1.95. The first kappa shape index (κ1) is 62.3. The molecule has 0 saturated carbocycles. The summed E-state index contributed by atoms with van der Waals surface area (Å²) in [6.07, 6.45) is 54.4. The van der Waals surface area contributed by atoms with Crippen molar-refractivity contribution < 1.29 is 0 Å². The first-order chi connectivity index (χ1) is 27.0. The van der Waals surface area contributed by atoms with Crippen LogP contribution in [0.2, 0.25) is 0 Å². The molecular weight excluding hydrogens is 685 g/mol. The van der Waals surface area contributed by atoms with Gasteiger partial charge in [0.1, 0.15) is 0 Å². The van der Waals surface area contributed by atoms with Crippen LogP contribution in [0.1, 0.15) is 188 Å². The zero-order chi connectivity index (χ0) is 41.3. The van der Waals surface area contributed by atoms with E-state index in [1.165, 1.54) is 99.3 Å². The Balaban J connectivity index is -0.000000183. The van der Waals surface area contributed by atoms with E-state index in [2.05, 4.69) is 190 Å². The molecule has 0 bridgehead atoms. The molecule has 3 aliphatic carbocycles. The molecule has 0 nitrogen and oxygen atoms in total. The van der Waals surface area contributed by atoms with E-state index in [1.54, 1.807) is 0 Å².